The van der Waals surface area contributed by atoms with E-state index in [-0.39, 0.29) is 16.6 Å². The van der Waals surface area contributed by atoms with E-state index in [0.717, 1.165) is 6.07 Å². The van der Waals surface area contributed by atoms with Crippen LogP contribution in [0.4, 0.5) is 18.9 Å². The fourth-order valence-corrected chi connectivity index (χ4v) is 1.66. The highest BCUT2D eigenvalue weighted by Gasteiger charge is 2.33. The van der Waals surface area contributed by atoms with Gasteiger partial charge in [-0.15, -0.1) is 0 Å². The van der Waals surface area contributed by atoms with E-state index in [2.05, 4.69) is 33.1 Å². The lowest BCUT2D eigenvalue weighted by Crippen LogP contribution is -2.07. The highest BCUT2D eigenvalue weighted by atomic mass is 79.9. The number of halogens is 4. The number of isothiocyanates is 1. The third kappa shape index (κ3) is 3.12. The lowest BCUT2D eigenvalue weighted by Gasteiger charge is -2.11. The van der Waals surface area contributed by atoms with E-state index in [0.29, 0.717) is 0 Å². The van der Waals surface area contributed by atoms with Crippen molar-refractivity contribution >= 4 is 39.0 Å². The third-order valence-corrected chi connectivity index (χ3v) is 2.41. The van der Waals surface area contributed by atoms with Gasteiger partial charge < -0.3 is 0 Å². The maximum atomic E-state index is 12.5. The quantitative estimate of drug-likeness (QED) is 0.449. The van der Waals surface area contributed by atoms with Crippen molar-refractivity contribution in [2.75, 3.05) is 0 Å². The van der Waals surface area contributed by atoms with Gasteiger partial charge in [0.2, 0.25) is 0 Å². The summed E-state index contributed by atoms with van der Waals surface area (Å²) in [5.74, 6) is 0. The molecule has 0 bridgehead atoms. The van der Waals surface area contributed by atoms with Gasteiger partial charge in [-0.25, -0.2) is 0 Å². The second-order valence-electron chi connectivity index (χ2n) is 2.68. The minimum Gasteiger partial charge on any atom is -0.195 e. The minimum atomic E-state index is -4.38. The van der Waals surface area contributed by atoms with Gasteiger partial charge in [0.05, 0.1) is 16.4 Å². The van der Waals surface area contributed by atoms with Crippen LogP contribution >= 0.6 is 28.1 Å². The third-order valence-electron chi connectivity index (χ3n) is 1.72. The second kappa shape index (κ2) is 4.88. The van der Waals surface area contributed by atoms with E-state index < -0.39 is 11.7 Å². The Balaban J connectivity index is 3.31. The van der Waals surface area contributed by atoms with Gasteiger partial charge in [0.1, 0.15) is 0 Å². The average Bonchev–Trinajstić information content (AvgIpc) is 2.17. The van der Waals surface area contributed by atoms with Crippen LogP contribution in [0.25, 0.3) is 0 Å². The summed E-state index contributed by atoms with van der Waals surface area (Å²) >= 11 is 7.32. The molecule has 1 aromatic carbocycles. The maximum absolute atomic E-state index is 12.5. The van der Waals surface area contributed by atoms with Gasteiger partial charge in [-0.2, -0.15) is 18.2 Å². The molecule has 0 radical (unpaired) electrons. The normalized spacial score (nSPS) is 10.9. The van der Waals surface area contributed by atoms with Gasteiger partial charge in [0.25, 0.3) is 0 Å². The first-order valence-electron chi connectivity index (χ1n) is 3.83. The van der Waals surface area contributed by atoms with Crippen molar-refractivity contribution in [3.05, 3.63) is 29.3 Å². The van der Waals surface area contributed by atoms with E-state index in [1.54, 1.807) is 0 Å². The average molecular weight is 296 g/mol. The Morgan fingerprint density at radius 3 is 2.53 bits per heavy atom. The van der Waals surface area contributed by atoms with Crippen LogP contribution in [0.3, 0.4) is 0 Å². The van der Waals surface area contributed by atoms with Crippen LogP contribution in [0.5, 0.6) is 0 Å². The molecule has 0 atom stereocenters. The molecule has 0 unspecified atom stereocenters. The zero-order valence-corrected chi connectivity index (χ0v) is 9.71. The Bertz CT molecular complexity index is 410. The van der Waals surface area contributed by atoms with E-state index >= 15 is 0 Å². The number of benzene rings is 1. The first-order valence-corrected chi connectivity index (χ1v) is 5.36. The summed E-state index contributed by atoms with van der Waals surface area (Å²) in [4.78, 5) is 3.51. The number of hydrogen-bond acceptors (Lipinski definition) is 2. The van der Waals surface area contributed by atoms with Gasteiger partial charge in [0.15, 0.2) is 0 Å². The number of alkyl halides is 4. The Hall–Kier alpha value is -0.710. The molecule has 0 aliphatic rings. The summed E-state index contributed by atoms with van der Waals surface area (Å²) < 4.78 is 37.6. The molecule has 15 heavy (non-hydrogen) atoms. The number of rotatable bonds is 2. The van der Waals surface area contributed by atoms with Crippen LogP contribution in [0.1, 0.15) is 11.1 Å². The van der Waals surface area contributed by atoms with Crippen molar-refractivity contribution in [2.45, 2.75) is 11.5 Å². The first-order chi connectivity index (χ1) is 6.99. The number of thiocarbonyl (C=S) groups is 1. The van der Waals surface area contributed by atoms with E-state index in [4.69, 9.17) is 0 Å². The summed E-state index contributed by atoms with van der Waals surface area (Å²) in [5.41, 5.74) is -0.376. The number of aliphatic imine (C=N–C) groups is 1. The van der Waals surface area contributed by atoms with Crippen molar-refractivity contribution in [2.24, 2.45) is 4.99 Å². The van der Waals surface area contributed by atoms with Gasteiger partial charge in [-0.1, -0.05) is 22.0 Å². The summed E-state index contributed by atoms with van der Waals surface area (Å²) in [5, 5.41) is 2.17. The van der Waals surface area contributed by atoms with Crippen molar-refractivity contribution in [1.29, 1.82) is 0 Å². The molecule has 0 spiro atoms. The lowest BCUT2D eigenvalue weighted by molar-refractivity contribution is -0.138. The molecule has 6 heteroatoms. The van der Waals surface area contributed by atoms with Gasteiger partial charge >= 0.3 is 6.18 Å². The Morgan fingerprint density at radius 2 is 2.07 bits per heavy atom. The Morgan fingerprint density at radius 1 is 1.40 bits per heavy atom. The van der Waals surface area contributed by atoms with Gasteiger partial charge in [-0.05, 0) is 29.9 Å². The minimum absolute atomic E-state index is 0.142. The molecular formula is C9H5BrF3NS. The highest BCUT2D eigenvalue weighted by Crippen LogP contribution is 2.35. The second-order valence-corrected chi connectivity index (χ2v) is 3.42. The van der Waals surface area contributed by atoms with Crippen molar-refractivity contribution in [3.8, 4) is 0 Å². The zero-order valence-electron chi connectivity index (χ0n) is 7.31. The Kier molecular flexibility index (Phi) is 4.02. The van der Waals surface area contributed by atoms with Crippen LogP contribution in [-0.4, -0.2) is 5.16 Å². The largest absolute Gasteiger partial charge is 0.416 e. The Labute approximate surface area is 98.1 Å². The number of nitrogens with zero attached hydrogens (tertiary/aromatic N) is 1. The molecule has 1 rings (SSSR count). The summed E-state index contributed by atoms with van der Waals surface area (Å²) in [6.07, 6.45) is -4.38. The molecule has 0 N–H and O–H groups in total. The topological polar surface area (TPSA) is 12.4 Å². The van der Waals surface area contributed by atoms with E-state index in [1.807, 2.05) is 5.16 Å². The monoisotopic (exact) mass is 295 g/mol. The molecule has 0 amide bonds. The van der Waals surface area contributed by atoms with Crippen LogP contribution in [0.15, 0.2) is 23.2 Å². The van der Waals surface area contributed by atoms with Crippen molar-refractivity contribution < 1.29 is 13.2 Å². The summed E-state index contributed by atoms with van der Waals surface area (Å²) in [6, 6.07) is 3.78. The molecule has 1 nitrogen and oxygen atoms in total. The standard InChI is InChI=1S/C9H5BrF3NS/c10-4-6-1-2-7(14-5-15)3-8(6)9(11,12)13/h1-3H,4H2. The zero-order chi connectivity index (χ0) is 11.5. The molecule has 0 heterocycles. The predicted octanol–water partition coefficient (Wildman–Crippen LogP) is 4.33. The van der Waals surface area contributed by atoms with Crippen LogP contribution in [0.2, 0.25) is 0 Å². The molecule has 0 aliphatic carbocycles. The smallest absolute Gasteiger partial charge is 0.195 e. The predicted molar refractivity (Wildman–Crippen MR) is 58.8 cm³/mol. The molecule has 1 aromatic rings. The highest BCUT2D eigenvalue weighted by molar-refractivity contribution is 9.08. The molecule has 0 aromatic heterocycles. The summed E-state index contributed by atoms with van der Waals surface area (Å²) in [7, 11) is 0. The number of hydrogen-bond donors (Lipinski definition) is 0. The molecule has 0 fully saturated rings. The van der Waals surface area contributed by atoms with E-state index in [9.17, 15) is 13.2 Å². The molecular weight excluding hydrogens is 291 g/mol. The van der Waals surface area contributed by atoms with Crippen LogP contribution in [-0.2, 0) is 11.5 Å². The summed E-state index contributed by atoms with van der Waals surface area (Å²) in [6.45, 7) is 0. The molecule has 0 saturated carbocycles. The first kappa shape index (κ1) is 12.4. The molecule has 0 saturated heterocycles. The van der Waals surface area contributed by atoms with Crippen LogP contribution in [0, 0.1) is 0 Å². The molecule has 0 aliphatic heterocycles. The van der Waals surface area contributed by atoms with Crippen molar-refractivity contribution in [3.63, 3.8) is 0 Å². The fraction of sp³-hybridized carbons (Fsp3) is 0.222. The van der Waals surface area contributed by atoms with Gasteiger partial charge in [0, 0.05) is 5.33 Å². The van der Waals surface area contributed by atoms with Crippen LogP contribution < -0.4 is 0 Å². The van der Waals surface area contributed by atoms with Gasteiger partial charge in [-0.3, -0.25) is 0 Å². The SMILES string of the molecule is FC(F)(F)c1cc(N=C=S)ccc1CBr. The van der Waals surface area contributed by atoms with E-state index in [1.165, 1.54) is 12.1 Å². The maximum Gasteiger partial charge on any atom is 0.416 e. The molecule has 80 valence electrons. The lowest BCUT2D eigenvalue weighted by atomic mass is 10.1. The fourth-order valence-electron chi connectivity index (χ4n) is 1.07. The van der Waals surface area contributed by atoms with Crippen molar-refractivity contribution in [1.82, 2.24) is 0 Å².